The molecule has 4 rings (SSSR count). The monoisotopic (exact) mass is 689 g/mol. The Morgan fingerprint density at radius 2 is 1.50 bits per heavy atom. The molecule has 0 radical (unpaired) electrons. The minimum absolute atomic E-state index is 0.0772. The molecule has 0 N–H and O–H groups in total. The summed E-state index contributed by atoms with van der Waals surface area (Å²) in [7, 11) is -2.04. The van der Waals surface area contributed by atoms with Gasteiger partial charge in [0.25, 0.3) is 17.6 Å². The first-order valence-corrected chi connectivity index (χ1v) is 20.7. The van der Waals surface area contributed by atoms with Gasteiger partial charge in [-0.15, -0.1) is 5.06 Å². The number of hydrogen-bond donors (Lipinski definition) is 0. The largest absolute Gasteiger partial charge is 0.543 e. The van der Waals surface area contributed by atoms with Crippen LogP contribution >= 0.6 is 0 Å². The topological polar surface area (TPSA) is 110 Å². The van der Waals surface area contributed by atoms with Crippen LogP contribution in [-0.2, 0) is 44.3 Å². The van der Waals surface area contributed by atoms with Crippen molar-refractivity contribution in [2.75, 3.05) is 19.8 Å². The number of ether oxygens (including phenoxy) is 2. The van der Waals surface area contributed by atoms with Crippen LogP contribution in [0, 0.1) is 10.8 Å². The summed E-state index contributed by atoms with van der Waals surface area (Å²) in [6, 6.07) is 8.13. The van der Waals surface area contributed by atoms with Gasteiger partial charge in [0.05, 0.1) is 13.2 Å². The molecular weight excluding hydrogens is 630 g/mol. The van der Waals surface area contributed by atoms with E-state index in [-0.39, 0.29) is 29.7 Å². The number of fused-ring (bicyclic) bond motifs is 1. The van der Waals surface area contributed by atoms with Gasteiger partial charge in [-0.1, -0.05) is 99.1 Å². The highest BCUT2D eigenvalue weighted by atomic mass is 28.4. The lowest BCUT2D eigenvalue weighted by molar-refractivity contribution is -0.628. The van der Waals surface area contributed by atoms with Crippen molar-refractivity contribution in [2.45, 2.75) is 149 Å². The standard InChI is InChI=1S/C37H59NO9Si/c1-33(2,3)48(8,9)45-29-20-18-19-28(25-29)36-37(47-46-36,35(6,7)27-43-36)34(4,5)26-42-24-17-15-13-11-10-12-14-16-21-32(41)44-38-30(39)22-23-31(38)40/h18-20,25H,10-17,21-24,26-27H2,1-9H3. The number of unbranched alkanes of at least 4 members (excludes halogenated alkanes) is 7. The Hall–Kier alpha value is -2.31. The molecule has 3 fully saturated rings. The Bertz CT molecular complexity index is 1290. The van der Waals surface area contributed by atoms with Crippen molar-refractivity contribution in [3.63, 3.8) is 0 Å². The summed E-state index contributed by atoms with van der Waals surface area (Å²) in [5.74, 6) is -1.63. The average Bonchev–Trinajstić information content (AvgIpc) is 3.36. The first-order chi connectivity index (χ1) is 22.4. The predicted octanol–water partition coefficient (Wildman–Crippen LogP) is 8.14. The van der Waals surface area contributed by atoms with Crippen molar-refractivity contribution in [1.29, 1.82) is 0 Å². The number of amides is 2. The summed E-state index contributed by atoms with van der Waals surface area (Å²) >= 11 is 0. The summed E-state index contributed by atoms with van der Waals surface area (Å²) in [6.45, 7) is 21.6. The van der Waals surface area contributed by atoms with Gasteiger partial charge in [0, 0.05) is 42.3 Å². The molecule has 11 heteroatoms. The van der Waals surface area contributed by atoms with E-state index in [1.807, 2.05) is 18.2 Å². The van der Waals surface area contributed by atoms with E-state index in [1.54, 1.807) is 0 Å². The van der Waals surface area contributed by atoms with Crippen molar-refractivity contribution in [2.24, 2.45) is 10.8 Å². The fraction of sp³-hybridized carbons (Fsp3) is 0.757. The number of imide groups is 1. The zero-order valence-corrected chi connectivity index (χ0v) is 31.8. The number of hydrogen-bond acceptors (Lipinski definition) is 9. The molecule has 0 aliphatic carbocycles. The Morgan fingerprint density at radius 3 is 2.08 bits per heavy atom. The molecule has 0 bridgehead atoms. The summed E-state index contributed by atoms with van der Waals surface area (Å²) in [5.41, 5.74) is -0.616. The molecule has 1 aromatic rings. The lowest BCUT2D eigenvalue weighted by Crippen LogP contribution is -2.74. The highest BCUT2D eigenvalue weighted by Gasteiger charge is 2.82. The van der Waals surface area contributed by atoms with Gasteiger partial charge in [0.15, 0.2) is 5.60 Å². The first-order valence-electron chi connectivity index (χ1n) is 17.8. The molecule has 3 aliphatic heterocycles. The van der Waals surface area contributed by atoms with E-state index in [0.717, 1.165) is 56.3 Å². The Morgan fingerprint density at radius 1 is 0.896 bits per heavy atom. The van der Waals surface area contributed by atoms with Crippen LogP contribution in [-0.4, -0.2) is 56.6 Å². The molecule has 2 amide bonds. The van der Waals surface area contributed by atoms with Crippen molar-refractivity contribution in [3.8, 4) is 5.75 Å². The number of hydroxylamine groups is 2. The molecule has 48 heavy (non-hydrogen) atoms. The van der Waals surface area contributed by atoms with E-state index < -0.39 is 42.9 Å². The van der Waals surface area contributed by atoms with Crippen LogP contribution in [0.5, 0.6) is 5.75 Å². The number of carbonyl (C=O) groups is 3. The van der Waals surface area contributed by atoms with Crippen LogP contribution in [0.4, 0.5) is 0 Å². The first kappa shape index (κ1) is 38.5. The molecule has 270 valence electrons. The second-order valence-corrected chi connectivity index (χ2v) is 21.3. The second kappa shape index (κ2) is 14.9. The fourth-order valence-electron chi connectivity index (χ4n) is 7.06. The van der Waals surface area contributed by atoms with Gasteiger partial charge in [0.1, 0.15) is 5.75 Å². The molecular formula is C37H59NO9Si. The fourth-order valence-corrected chi connectivity index (χ4v) is 8.08. The minimum atomic E-state index is -2.04. The van der Waals surface area contributed by atoms with Crippen molar-refractivity contribution in [1.82, 2.24) is 5.06 Å². The summed E-state index contributed by atoms with van der Waals surface area (Å²) in [6.07, 6.45) is 8.52. The molecule has 2 unspecified atom stereocenters. The van der Waals surface area contributed by atoms with Crippen molar-refractivity contribution in [3.05, 3.63) is 29.8 Å². The van der Waals surface area contributed by atoms with E-state index in [2.05, 4.69) is 67.6 Å². The minimum Gasteiger partial charge on any atom is -0.543 e. The third kappa shape index (κ3) is 7.70. The zero-order chi connectivity index (χ0) is 35.4. The van der Waals surface area contributed by atoms with E-state index in [1.165, 1.54) is 0 Å². The molecule has 10 nitrogen and oxygen atoms in total. The van der Waals surface area contributed by atoms with E-state index in [4.69, 9.17) is 28.5 Å². The predicted molar refractivity (Wildman–Crippen MR) is 184 cm³/mol. The van der Waals surface area contributed by atoms with Crippen LogP contribution in [0.1, 0.15) is 125 Å². The van der Waals surface area contributed by atoms with E-state index in [0.29, 0.717) is 31.3 Å². The number of carbonyl (C=O) groups excluding carboxylic acids is 3. The summed E-state index contributed by atoms with van der Waals surface area (Å²) < 4.78 is 19.5. The number of rotatable bonds is 18. The molecule has 3 heterocycles. The van der Waals surface area contributed by atoms with Gasteiger partial charge in [-0.05, 0) is 43.1 Å². The Kier molecular flexibility index (Phi) is 11.9. The van der Waals surface area contributed by atoms with Gasteiger partial charge in [-0.2, -0.15) is 4.89 Å². The molecule has 0 spiro atoms. The third-order valence-electron chi connectivity index (χ3n) is 10.8. The van der Waals surface area contributed by atoms with Crippen molar-refractivity contribution >= 4 is 26.1 Å². The van der Waals surface area contributed by atoms with Crippen LogP contribution in [0.15, 0.2) is 24.3 Å². The Labute approximate surface area is 288 Å². The maximum absolute atomic E-state index is 11.9. The maximum atomic E-state index is 11.9. The van der Waals surface area contributed by atoms with E-state index >= 15 is 0 Å². The van der Waals surface area contributed by atoms with Gasteiger partial charge < -0.3 is 18.7 Å². The zero-order valence-electron chi connectivity index (χ0n) is 30.8. The normalized spacial score (nSPS) is 24.1. The highest BCUT2D eigenvalue weighted by Crippen LogP contribution is 2.69. The molecule has 0 saturated carbocycles. The molecule has 2 atom stereocenters. The number of benzene rings is 1. The molecule has 3 saturated heterocycles. The van der Waals surface area contributed by atoms with Crippen LogP contribution in [0.3, 0.4) is 0 Å². The highest BCUT2D eigenvalue weighted by molar-refractivity contribution is 6.74. The quantitative estimate of drug-likeness (QED) is 0.0653. The van der Waals surface area contributed by atoms with Gasteiger partial charge in [-0.25, -0.2) is 9.68 Å². The van der Waals surface area contributed by atoms with E-state index in [9.17, 15) is 14.4 Å². The lowest BCUT2D eigenvalue weighted by atomic mass is 9.57. The lowest BCUT2D eigenvalue weighted by Gasteiger charge is -2.61. The smallest absolute Gasteiger partial charge is 0.333 e. The average molecular weight is 690 g/mol. The molecule has 1 aromatic carbocycles. The van der Waals surface area contributed by atoms with Crippen LogP contribution in [0.25, 0.3) is 0 Å². The maximum Gasteiger partial charge on any atom is 0.333 e. The van der Waals surface area contributed by atoms with Gasteiger partial charge >= 0.3 is 5.97 Å². The molecule has 3 aliphatic rings. The second-order valence-electron chi connectivity index (χ2n) is 16.6. The summed E-state index contributed by atoms with van der Waals surface area (Å²) in [4.78, 5) is 52.1. The number of nitrogens with zero attached hydrogens (tertiary/aromatic N) is 1. The van der Waals surface area contributed by atoms with Crippen molar-refractivity contribution < 1.29 is 42.9 Å². The summed E-state index contributed by atoms with van der Waals surface area (Å²) in [5, 5.41) is 0.694. The molecule has 0 aromatic heterocycles. The SMILES string of the molecule is CC(C)(COCCCCCCCCCCC(=O)ON1C(=O)CCC1=O)C12OOC1(c1cccc(O[Si](C)(C)C(C)(C)C)c1)OCC2(C)C. The van der Waals surface area contributed by atoms with Crippen LogP contribution < -0.4 is 4.43 Å². The van der Waals surface area contributed by atoms with Gasteiger partial charge in [-0.3, -0.25) is 9.59 Å². The van der Waals surface area contributed by atoms with Gasteiger partial charge in [0.2, 0.25) is 8.32 Å². The third-order valence-corrected chi connectivity index (χ3v) is 15.1. The van der Waals surface area contributed by atoms with Crippen LogP contribution in [0.2, 0.25) is 18.1 Å². The Balaban J connectivity index is 1.19.